The van der Waals surface area contributed by atoms with Crippen LogP contribution in [0, 0.1) is 6.92 Å². The Morgan fingerprint density at radius 2 is 1.94 bits per heavy atom. The van der Waals surface area contributed by atoms with Gasteiger partial charge in [0, 0.05) is 13.1 Å². The van der Waals surface area contributed by atoms with Gasteiger partial charge in [0.05, 0.1) is 11.5 Å². The molecule has 0 radical (unpaired) electrons. The molecule has 0 spiro atoms. The fraction of sp³-hybridized carbons (Fsp3) is 0.500. The summed E-state index contributed by atoms with van der Waals surface area (Å²) in [5.74, 6) is 0. The van der Waals surface area contributed by atoms with E-state index in [1.807, 2.05) is 0 Å². The molecule has 1 aliphatic heterocycles. The van der Waals surface area contributed by atoms with Crippen molar-refractivity contribution >= 4 is 10.0 Å². The van der Waals surface area contributed by atoms with E-state index < -0.39 is 10.0 Å². The van der Waals surface area contributed by atoms with Gasteiger partial charge in [-0.2, -0.15) is 4.31 Å². The zero-order valence-corrected chi connectivity index (χ0v) is 10.7. The van der Waals surface area contributed by atoms with Gasteiger partial charge in [0.1, 0.15) is 0 Å². The second-order valence-corrected chi connectivity index (χ2v) is 6.22. The zero-order chi connectivity index (χ0) is 12.5. The minimum Gasteiger partial charge on any atom is -0.392 e. The van der Waals surface area contributed by atoms with E-state index in [-0.39, 0.29) is 6.61 Å². The second-order valence-electron chi connectivity index (χ2n) is 4.31. The molecule has 0 bridgehead atoms. The van der Waals surface area contributed by atoms with Crippen LogP contribution in [0.15, 0.2) is 23.1 Å². The smallest absolute Gasteiger partial charge is 0.243 e. The van der Waals surface area contributed by atoms with E-state index in [1.54, 1.807) is 25.1 Å². The van der Waals surface area contributed by atoms with E-state index in [2.05, 4.69) is 0 Å². The molecule has 1 aliphatic rings. The summed E-state index contributed by atoms with van der Waals surface area (Å²) in [6.07, 6.45) is 1.86. The molecule has 1 aromatic carbocycles. The van der Waals surface area contributed by atoms with Crippen molar-refractivity contribution in [2.75, 3.05) is 13.1 Å². The van der Waals surface area contributed by atoms with Crippen molar-refractivity contribution in [1.29, 1.82) is 0 Å². The van der Waals surface area contributed by atoms with Crippen molar-refractivity contribution in [1.82, 2.24) is 4.31 Å². The molecule has 2 rings (SSSR count). The average molecular weight is 255 g/mol. The topological polar surface area (TPSA) is 57.6 Å². The van der Waals surface area contributed by atoms with Crippen LogP contribution in [0.5, 0.6) is 0 Å². The number of sulfonamides is 1. The molecule has 0 aliphatic carbocycles. The van der Waals surface area contributed by atoms with Crippen LogP contribution in [0.3, 0.4) is 0 Å². The highest BCUT2D eigenvalue weighted by atomic mass is 32.2. The molecule has 5 heteroatoms. The van der Waals surface area contributed by atoms with Crippen LogP contribution in [0.1, 0.15) is 24.0 Å². The highest BCUT2D eigenvalue weighted by Gasteiger charge is 2.28. The predicted octanol–water partition coefficient (Wildman–Crippen LogP) is 1.27. The lowest BCUT2D eigenvalue weighted by atomic mass is 10.1. The Labute approximate surface area is 102 Å². The van der Waals surface area contributed by atoms with Gasteiger partial charge < -0.3 is 5.11 Å². The Hall–Kier alpha value is -0.910. The van der Waals surface area contributed by atoms with E-state index in [0.29, 0.717) is 29.1 Å². The molecular weight excluding hydrogens is 238 g/mol. The molecule has 1 saturated heterocycles. The summed E-state index contributed by atoms with van der Waals surface area (Å²) >= 11 is 0. The third-order valence-electron chi connectivity index (χ3n) is 3.25. The Morgan fingerprint density at radius 1 is 1.29 bits per heavy atom. The highest BCUT2D eigenvalue weighted by molar-refractivity contribution is 7.89. The summed E-state index contributed by atoms with van der Waals surface area (Å²) in [6, 6.07) is 5.04. The normalized spacial score (nSPS) is 17.5. The second kappa shape index (κ2) is 4.76. The van der Waals surface area contributed by atoms with Gasteiger partial charge in [-0.05, 0) is 37.0 Å². The minimum absolute atomic E-state index is 0.130. The lowest BCUT2D eigenvalue weighted by molar-refractivity contribution is 0.280. The molecule has 94 valence electrons. The van der Waals surface area contributed by atoms with Crippen molar-refractivity contribution in [2.45, 2.75) is 31.3 Å². The van der Waals surface area contributed by atoms with Gasteiger partial charge in [0.2, 0.25) is 10.0 Å². The SMILES string of the molecule is Cc1c(CO)cccc1S(=O)(=O)N1CCCC1. The van der Waals surface area contributed by atoms with Crippen molar-refractivity contribution in [2.24, 2.45) is 0 Å². The fourth-order valence-corrected chi connectivity index (χ4v) is 3.96. The van der Waals surface area contributed by atoms with Gasteiger partial charge in [0.25, 0.3) is 0 Å². The van der Waals surface area contributed by atoms with Crippen LogP contribution < -0.4 is 0 Å². The van der Waals surface area contributed by atoms with E-state index >= 15 is 0 Å². The Kier molecular flexibility index (Phi) is 3.51. The van der Waals surface area contributed by atoms with E-state index in [1.165, 1.54) is 4.31 Å². The number of hydrogen-bond donors (Lipinski definition) is 1. The fourth-order valence-electron chi connectivity index (χ4n) is 2.18. The molecule has 0 amide bonds. The molecule has 1 heterocycles. The van der Waals surface area contributed by atoms with Crippen LogP contribution in [0.2, 0.25) is 0 Å². The summed E-state index contributed by atoms with van der Waals surface area (Å²) in [6.45, 7) is 2.82. The van der Waals surface area contributed by atoms with Crippen molar-refractivity contribution in [3.8, 4) is 0 Å². The van der Waals surface area contributed by atoms with Crippen LogP contribution in [-0.2, 0) is 16.6 Å². The van der Waals surface area contributed by atoms with Crippen LogP contribution >= 0.6 is 0 Å². The quantitative estimate of drug-likeness (QED) is 0.885. The average Bonchev–Trinajstić information content (AvgIpc) is 2.83. The van der Waals surface area contributed by atoms with Gasteiger partial charge in [-0.15, -0.1) is 0 Å². The summed E-state index contributed by atoms with van der Waals surface area (Å²) in [7, 11) is -3.38. The van der Waals surface area contributed by atoms with Crippen LogP contribution in [-0.4, -0.2) is 30.9 Å². The maximum absolute atomic E-state index is 12.4. The van der Waals surface area contributed by atoms with Crippen molar-refractivity contribution in [3.05, 3.63) is 29.3 Å². The number of aliphatic hydroxyl groups excluding tert-OH is 1. The molecule has 0 unspecified atom stereocenters. The first-order valence-electron chi connectivity index (χ1n) is 5.77. The molecular formula is C12H17NO3S. The molecule has 1 aromatic rings. The molecule has 0 atom stereocenters. The summed E-state index contributed by atoms with van der Waals surface area (Å²) in [5, 5.41) is 9.17. The lowest BCUT2D eigenvalue weighted by Crippen LogP contribution is -2.28. The Balaban J connectivity index is 2.46. The van der Waals surface area contributed by atoms with Crippen molar-refractivity contribution in [3.63, 3.8) is 0 Å². The van der Waals surface area contributed by atoms with E-state index in [4.69, 9.17) is 5.11 Å². The summed E-state index contributed by atoms with van der Waals surface area (Å²) in [4.78, 5) is 0.325. The first-order valence-corrected chi connectivity index (χ1v) is 7.21. The molecule has 1 N–H and O–H groups in total. The van der Waals surface area contributed by atoms with Gasteiger partial charge in [-0.3, -0.25) is 0 Å². The molecule has 0 saturated carbocycles. The standard InChI is InChI=1S/C12H17NO3S/c1-10-11(9-14)5-4-6-12(10)17(15,16)13-7-2-3-8-13/h4-6,14H,2-3,7-9H2,1H3. The number of hydrogen-bond acceptors (Lipinski definition) is 3. The first kappa shape index (κ1) is 12.5. The zero-order valence-electron chi connectivity index (χ0n) is 9.89. The predicted molar refractivity (Wildman–Crippen MR) is 65.1 cm³/mol. The lowest BCUT2D eigenvalue weighted by Gasteiger charge is -2.18. The van der Waals surface area contributed by atoms with E-state index in [9.17, 15) is 8.42 Å². The number of nitrogens with zero attached hydrogens (tertiary/aromatic N) is 1. The Bertz CT molecular complexity index is 504. The van der Waals surface area contributed by atoms with Crippen LogP contribution in [0.4, 0.5) is 0 Å². The molecule has 0 aromatic heterocycles. The molecule has 1 fully saturated rings. The van der Waals surface area contributed by atoms with Gasteiger partial charge in [0.15, 0.2) is 0 Å². The van der Waals surface area contributed by atoms with Gasteiger partial charge in [-0.25, -0.2) is 8.42 Å². The summed E-state index contributed by atoms with van der Waals surface area (Å²) < 4.78 is 26.3. The van der Waals surface area contributed by atoms with Gasteiger partial charge >= 0.3 is 0 Å². The highest BCUT2D eigenvalue weighted by Crippen LogP contribution is 2.25. The first-order chi connectivity index (χ1) is 8.07. The molecule has 17 heavy (non-hydrogen) atoms. The minimum atomic E-state index is -3.38. The monoisotopic (exact) mass is 255 g/mol. The third-order valence-corrected chi connectivity index (χ3v) is 5.29. The summed E-state index contributed by atoms with van der Waals surface area (Å²) in [5.41, 5.74) is 1.33. The van der Waals surface area contributed by atoms with Crippen molar-refractivity contribution < 1.29 is 13.5 Å². The van der Waals surface area contributed by atoms with E-state index in [0.717, 1.165) is 12.8 Å². The van der Waals surface area contributed by atoms with Crippen LogP contribution in [0.25, 0.3) is 0 Å². The maximum atomic E-state index is 12.4. The molecule has 4 nitrogen and oxygen atoms in total. The van der Waals surface area contributed by atoms with Gasteiger partial charge in [-0.1, -0.05) is 12.1 Å². The largest absolute Gasteiger partial charge is 0.392 e. The number of benzene rings is 1. The third kappa shape index (κ3) is 2.22. The Morgan fingerprint density at radius 3 is 2.53 bits per heavy atom. The maximum Gasteiger partial charge on any atom is 0.243 e. The number of rotatable bonds is 3. The number of aliphatic hydroxyl groups is 1.